The number of rotatable bonds is 6. The maximum absolute atomic E-state index is 12.7. The third kappa shape index (κ3) is 4.93. The van der Waals surface area contributed by atoms with Gasteiger partial charge in [0.2, 0.25) is 0 Å². The maximum atomic E-state index is 12.7. The van der Waals surface area contributed by atoms with Gasteiger partial charge >= 0.3 is 0 Å². The third-order valence-electron chi connectivity index (χ3n) is 5.26. The van der Waals surface area contributed by atoms with Crippen molar-refractivity contribution in [2.45, 2.75) is 37.7 Å². The Hall–Kier alpha value is -2.34. The van der Waals surface area contributed by atoms with E-state index in [9.17, 15) is 13.2 Å². The van der Waals surface area contributed by atoms with Gasteiger partial charge < -0.3 is 9.64 Å². The molecule has 0 aromatic heterocycles. The van der Waals surface area contributed by atoms with E-state index in [0.29, 0.717) is 25.9 Å². The molecule has 5 nitrogen and oxygen atoms in total. The number of nitrogens with zero attached hydrogens (tertiary/aromatic N) is 1. The summed E-state index contributed by atoms with van der Waals surface area (Å²) in [7, 11) is -3.22. The van der Waals surface area contributed by atoms with Crippen LogP contribution in [-0.4, -0.2) is 44.2 Å². The Morgan fingerprint density at radius 2 is 1.61 bits per heavy atom. The molecule has 3 rings (SSSR count). The van der Waals surface area contributed by atoms with Crippen LogP contribution in [0.4, 0.5) is 0 Å². The molecule has 0 bridgehead atoms. The van der Waals surface area contributed by atoms with Crippen molar-refractivity contribution in [2.75, 3.05) is 19.7 Å². The van der Waals surface area contributed by atoms with E-state index in [1.807, 2.05) is 62.4 Å². The van der Waals surface area contributed by atoms with Crippen LogP contribution in [0.5, 0.6) is 5.75 Å². The predicted octanol–water partition coefficient (Wildman–Crippen LogP) is 3.29. The molecule has 28 heavy (non-hydrogen) atoms. The Balaban J connectivity index is 1.52. The zero-order valence-electron chi connectivity index (χ0n) is 16.4. The molecule has 2 aromatic carbocycles. The Bertz CT molecular complexity index is 897. The molecular weight excluding hydrogens is 374 g/mol. The highest BCUT2D eigenvalue weighted by Crippen LogP contribution is 2.24. The summed E-state index contributed by atoms with van der Waals surface area (Å²) in [5.41, 5.74) is 2.81. The van der Waals surface area contributed by atoms with Gasteiger partial charge in [-0.25, -0.2) is 8.42 Å². The lowest BCUT2D eigenvalue weighted by Crippen LogP contribution is -2.44. The van der Waals surface area contributed by atoms with Gasteiger partial charge in [-0.15, -0.1) is 0 Å². The molecule has 150 valence electrons. The summed E-state index contributed by atoms with van der Waals surface area (Å²) in [4.78, 5) is 14.2. The number of benzene rings is 2. The molecular formula is C22H27NO4S. The number of aryl methyl sites for hydroxylation is 2. The van der Waals surface area contributed by atoms with Gasteiger partial charge in [-0.1, -0.05) is 48.5 Å². The molecule has 0 aliphatic carbocycles. The molecule has 1 aliphatic heterocycles. The molecule has 0 radical (unpaired) electrons. The van der Waals surface area contributed by atoms with Gasteiger partial charge in [0, 0.05) is 13.1 Å². The number of ether oxygens (including phenoxy) is 1. The van der Waals surface area contributed by atoms with E-state index in [2.05, 4.69) is 0 Å². The third-order valence-corrected chi connectivity index (χ3v) is 7.48. The number of hydrogen-bond donors (Lipinski definition) is 0. The van der Waals surface area contributed by atoms with Crippen molar-refractivity contribution in [3.8, 4) is 5.75 Å². The van der Waals surface area contributed by atoms with Gasteiger partial charge in [-0.3, -0.25) is 4.79 Å². The molecule has 0 saturated carbocycles. The van der Waals surface area contributed by atoms with E-state index in [-0.39, 0.29) is 18.3 Å². The molecule has 1 heterocycles. The minimum Gasteiger partial charge on any atom is -0.483 e. The van der Waals surface area contributed by atoms with Crippen LogP contribution in [0.15, 0.2) is 48.5 Å². The molecule has 0 atom stereocenters. The first-order valence-corrected chi connectivity index (χ1v) is 11.3. The van der Waals surface area contributed by atoms with Crippen molar-refractivity contribution in [3.63, 3.8) is 0 Å². The molecule has 0 N–H and O–H groups in total. The number of piperidine rings is 1. The van der Waals surface area contributed by atoms with E-state index in [1.165, 1.54) is 0 Å². The summed E-state index contributed by atoms with van der Waals surface area (Å²) >= 11 is 0. The standard InChI is InChI=1S/C22H27NO4S/c1-17-7-6-8-18(2)22(17)27-15-21(24)23-13-11-20(12-14-23)28(25,26)16-19-9-4-3-5-10-19/h3-10,20H,11-16H2,1-2H3. The van der Waals surface area contributed by atoms with Crippen LogP contribution >= 0.6 is 0 Å². The molecule has 1 amide bonds. The second kappa shape index (κ2) is 8.78. The number of carbonyl (C=O) groups excluding carboxylic acids is 1. The lowest BCUT2D eigenvalue weighted by atomic mass is 10.1. The maximum Gasteiger partial charge on any atom is 0.260 e. The van der Waals surface area contributed by atoms with Crippen molar-refractivity contribution in [1.29, 1.82) is 0 Å². The number of carbonyl (C=O) groups is 1. The van der Waals surface area contributed by atoms with E-state index in [0.717, 1.165) is 22.4 Å². The van der Waals surface area contributed by atoms with E-state index in [1.54, 1.807) is 4.90 Å². The topological polar surface area (TPSA) is 63.7 Å². The zero-order valence-corrected chi connectivity index (χ0v) is 17.2. The van der Waals surface area contributed by atoms with Gasteiger partial charge in [0.15, 0.2) is 16.4 Å². The fourth-order valence-corrected chi connectivity index (χ4v) is 5.46. The summed E-state index contributed by atoms with van der Waals surface area (Å²) in [6.45, 7) is 4.79. The highest BCUT2D eigenvalue weighted by atomic mass is 32.2. The molecule has 1 fully saturated rings. The molecule has 6 heteroatoms. The average Bonchev–Trinajstić information content (AvgIpc) is 2.68. The molecule has 1 aliphatic rings. The Morgan fingerprint density at radius 3 is 2.21 bits per heavy atom. The first-order chi connectivity index (χ1) is 13.4. The first-order valence-electron chi connectivity index (χ1n) is 9.59. The number of likely N-dealkylation sites (tertiary alicyclic amines) is 1. The minimum absolute atomic E-state index is 0.0207. The summed E-state index contributed by atoms with van der Waals surface area (Å²) in [5, 5.41) is -0.392. The first kappa shape index (κ1) is 20.4. The minimum atomic E-state index is -3.22. The largest absolute Gasteiger partial charge is 0.483 e. The predicted molar refractivity (Wildman–Crippen MR) is 110 cm³/mol. The van der Waals surface area contributed by atoms with Crippen LogP contribution in [0, 0.1) is 13.8 Å². The Labute approximate surface area is 167 Å². The van der Waals surface area contributed by atoms with Gasteiger partial charge in [-0.05, 0) is 43.4 Å². The number of para-hydroxylation sites is 1. The van der Waals surface area contributed by atoms with Gasteiger partial charge in [-0.2, -0.15) is 0 Å². The number of amides is 1. The normalized spacial score (nSPS) is 15.4. The number of hydrogen-bond acceptors (Lipinski definition) is 4. The van der Waals surface area contributed by atoms with Crippen molar-refractivity contribution < 1.29 is 17.9 Å². The highest BCUT2D eigenvalue weighted by Gasteiger charge is 2.31. The zero-order chi connectivity index (χ0) is 20.1. The molecule has 1 saturated heterocycles. The van der Waals surface area contributed by atoms with Crippen LogP contribution < -0.4 is 4.74 Å². The van der Waals surface area contributed by atoms with Gasteiger partial charge in [0.25, 0.3) is 5.91 Å². The van der Waals surface area contributed by atoms with E-state index < -0.39 is 15.1 Å². The van der Waals surface area contributed by atoms with Crippen LogP contribution in [-0.2, 0) is 20.4 Å². The SMILES string of the molecule is Cc1cccc(C)c1OCC(=O)N1CCC(S(=O)(=O)Cc2ccccc2)CC1. The van der Waals surface area contributed by atoms with Crippen molar-refractivity contribution in [3.05, 3.63) is 65.2 Å². The van der Waals surface area contributed by atoms with Crippen molar-refractivity contribution in [2.24, 2.45) is 0 Å². The van der Waals surface area contributed by atoms with Crippen LogP contribution in [0.2, 0.25) is 0 Å². The van der Waals surface area contributed by atoms with E-state index in [4.69, 9.17) is 4.74 Å². The fourth-order valence-electron chi connectivity index (χ4n) is 3.64. The average molecular weight is 402 g/mol. The highest BCUT2D eigenvalue weighted by molar-refractivity contribution is 7.91. The molecule has 0 spiro atoms. The molecule has 0 unspecified atom stereocenters. The monoisotopic (exact) mass is 401 g/mol. The Morgan fingerprint density at radius 1 is 1.00 bits per heavy atom. The molecule has 2 aromatic rings. The van der Waals surface area contributed by atoms with Crippen LogP contribution in [0.25, 0.3) is 0 Å². The summed E-state index contributed by atoms with van der Waals surface area (Å²) in [6.07, 6.45) is 0.953. The van der Waals surface area contributed by atoms with Crippen LogP contribution in [0.1, 0.15) is 29.5 Å². The van der Waals surface area contributed by atoms with E-state index >= 15 is 0 Å². The fraction of sp³-hybridized carbons (Fsp3) is 0.409. The van der Waals surface area contributed by atoms with Crippen LogP contribution in [0.3, 0.4) is 0 Å². The lowest BCUT2D eigenvalue weighted by Gasteiger charge is -2.31. The summed E-state index contributed by atoms with van der Waals surface area (Å²) in [5.74, 6) is 0.708. The lowest BCUT2D eigenvalue weighted by molar-refractivity contribution is -0.134. The smallest absolute Gasteiger partial charge is 0.260 e. The van der Waals surface area contributed by atoms with Gasteiger partial charge in [0.05, 0.1) is 11.0 Å². The summed E-state index contributed by atoms with van der Waals surface area (Å²) in [6, 6.07) is 15.1. The number of sulfone groups is 1. The second-order valence-electron chi connectivity index (χ2n) is 7.38. The quantitative estimate of drug-likeness (QED) is 0.745. The Kier molecular flexibility index (Phi) is 6.39. The van der Waals surface area contributed by atoms with Gasteiger partial charge in [0.1, 0.15) is 5.75 Å². The van der Waals surface area contributed by atoms with Crippen molar-refractivity contribution in [1.82, 2.24) is 4.90 Å². The summed E-state index contributed by atoms with van der Waals surface area (Å²) < 4.78 is 31.1. The van der Waals surface area contributed by atoms with Crippen molar-refractivity contribution >= 4 is 15.7 Å². The second-order valence-corrected chi connectivity index (χ2v) is 9.66.